The third-order valence-electron chi connectivity index (χ3n) is 2.85. The van der Waals surface area contributed by atoms with Crippen molar-refractivity contribution in [3.8, 4) is 0 Å². The van der Waals surface area contributed by atoms with Crippen LogP contribution in [0.4, 0.5) is 0 Å². The van der Waals surface area contributed by atoms with Gasteiger partial charge in [-0.2, -0.15) is 0 Å². The number of aromatic nitrogens is 3. The minimum Gasteiger partial charge on any atom is -0.344 e. The zero-order valence-electron chi connectivity index (χ0n) is 9.06. The molecule has 1 aliphatic heterocycles. The van der Waals surface area contributed by atoms with Gasteiger partial charge in [-0.05, 0) is 27.6 Å². The Hall–Kier alpha value is -1.49. The van der Waals surface area contributed by atoms with Crippen LogP contribution in [0.3, 0.4) is 0 Å². The highest BCUT2D eigenvalue weighted by Crippen LogP contribution is 2.19. The number of fused-ring (bicyclic) bond motifs is 1. The molecular weight excluding hydrogens is 282 g/mol. The van der Waals surface area contributed by atoms with Crippen molar-refractivity contribution in [3.63, 3.8) is 0 Å². The number of halogens is 1. The van der Waals surface area contributed by atoms with E-state index in [2.05, 4.69) is 25.9 Å². The third kappa shape index (κ3) is 2.02. The lowest BCUT2D eigenvalue weighted by Gasteiger charge is -1.97. The number of rotatable bonds is 2. The minimum atomic E-state index is 0.230. The van der Waals surface area contributed by atoms with E-state index in [9.17, 15) is 4.79 Å². The fourth-order valence-electron chi connectivity index (χ4n) is 2.05. The number of Topliss-reactive ketones (excluding diaryl/α,β-unsaturated/α-hetero) is 1. The zero-order chi connectivity index (χ0) is 11.8. The second kappa shape index (κ2) is 4.07. The zero-order valence-corrected chi connectivity index (χ0v) is 10.6. The first-order valence-corrected chi connectivity index (χ1v) is 6.20. The molecule has 3 heterocycles. The summed E-state index contributed by atoms with van der Waals surface area (Å²) in [5, 5.41) is 0. The van der Waals surface area contributed by atoms with E-state index in [1.807, 2.05) is 16.8 Å². The topological polar surface area (TPSA) is 47.8 Å². The summed E-state index contributed by atoms with van der Waals surface area (Å²) in [5.41, 5.74) is 1.91. The first-order chi connectivity index (χ1) is 8.22. The average molecular weight is 292 g/mol. The molecule has 0 bridgehead atoms. The molecule has 2 aromatic rings. The molecule has 0 saturated carbocycles. The molecule has 0 aliphatic carbocycles. The number of carbonyl (C=O) groups is 1. The molecule has 0 unspecified atom stereocenters. The molecule has 3 rings (SSSR count). The molecule has 0 amide bonds. The first-order valence-electron chi connectivity index (χ1n) is 5.41. The molecule has 86 valence electrons. The summed E-state index contributed by atoms with van der Waals surface area (Å²) in [6, 6.07) is 1.95. The van der Waals surface area contributed by atoms with E-state index < -0.39 is 0 Å². The van der Waals surface area contributed by atoms with Gasteiger partial charge in [0.1, 0.15) is 5.82 Å². The molecule has 0 fully saturated rings. The summed E-state index contributed by atoms with van der Waals surface area (Å²) < 4.78 is 2.88. The van der Waals surface area contributed by atoms with Gasteiger partial charge < -0.3 is 4.57 Å². The van der Waals surface area contributed by atoms with Crippen molar-refractivity contribution in [2.75, 3.05) is 0 Å². The molecule has 0 N–H and O–H groups in total. The highest BCUT2D eigenvalue weighted by atomic mass is 79.9. The van der Waals surface area contributed by atoms with Crippen molar-refractivity contribution in [2.45, 2.75) is 19.4 Å². The van der Waals surface area contributed by atoms with Gasteiger partial charge in [0, 0.05) is 38.0 Å². The second-order valence-corrected chi connectivity index (χ2v) is 5.01. The number of hydrogen-bond acceptors (Lipinski definition) is 3. The standard InChI is InChI=1S/C12H10BrN3O/c13-9-5-14-12(15-6-9)4-8-3-10-11(17)1-2-16(10)7-8/h3,5-7H,1-2,4H2. The van der Waals surface area contributed by atoms with E-state index in [0.717, 1.165) is 28.1 Å². The Labute approximate surface area is 107 Å². The Morgan fingerprint density at radius 3 is 2.82 bits per heavy atom. The molecule has 4 nitrogen and oxygen atoms in total. The van der Waals surface area contributed by atoms with Crippen molar-refractivity contribution in [1.82, 2.24) is 14.5 Å². The van der Waals surface area contributed by atoms with E-state index in [-0.39, 0.29) is 5.78 Å². The predicted molar refractivity (Wildman–Crippen MR) is 65.9 cm³/mol. The monoisotopic (exact) mass is 291 g/mol. The number of aryl methyl sites for hydroxylation is 1. The molecule has 0 saturated heterocycles. The predicted octanol–water partition coefficient (Wildman–Crippen LogP) is 2.22. The van der Waals surface area contributed by atoms with Crippen LogP contribution in [0.2, 0.25) is 0 Å². The molecule has 0 atom stereocenters. The fourth-order valence-corrected chi connectivity index (χ4v) is 2.26. The van der Waals surface area contributed by atoms with E-state index in [1.54, 1.807) is 12.4 Å². The van der Waals surface area contributed by atoms with Crippen molar-refractivity contribution >= 4 is 21.7 Å². The van der Waals surface area contributed by atoms with Gasteiger partial charge in [0.25, 0.3) is 0 Å². The van der Waals surface area contributed by atoms with Gasteiger partial charge in [-0.15, -0.1) is 0 Å². The smallest absolute Gasteiger partial charge is 0.180 e. The molecule has 5 heteroatoms. The maximum atomic E-state index is 11.5. The van der Waals surface area contributed by atoms with Gasteiger partial charge in [-0.3, -0.25) is 4.79 Å². The van der Waals surface area contributed by atoms with E-state index in [4.69, 9.17) is 0 Å². The second-order valence-electron chi connectivity index (χ2n) is 4.09. The summed E-state index contributed by atoms with van der Waals surface area (Å²) in [7, 11) is 0. The van der Waals surface area contributed by atoms with Crippen LogP contribution in [0.1, 0.15) is 28.3 Å². The van der Waals surface area contributed by atoms with Gasteiger partial charge in [0.05, 0.1) is 10.2 Å². The number of hydrogen-bond donors (Lipinski definition) is 0. The largest absolute Gasteiger partial charge is 0.344 e. The molecule has 0 aromatic carbocycles. The number of ketones is 1. The quantitative estimate of drug-likeness (QED) is 0.852. The average Bonchev–Trinajstić information content (AvgIpc) is 2.85. The lowest BCUT2D eigenvalue weighted by atomic mass is 10.2. The van der Waals surface area contributed by atoms with Crippen LogP contribution in [0.15, 0.2) is 29.1 Å². The Morgan fingerprint density at radius 1 is 1.35 bits per heavy atom. The van der Waals surface area contributed by atoms with Gasteiger partial charge in [0.15, 0.2) is 5.78 Å². The van der Waals surface area contributed by atoms with E-state index in [1.165, 1.54) is 0 Å². The maximum absolute atomic E-state index is 11.5. The van der Waals surface area contributed by atoms with Crippen LogP contribution < -0.4 is 0 Å². The van der Waals surface area contributed by atoms with Crippen molar-refractivity contribution in [3.05, 3.63) is 46.2 Å². The third-order valence-corrected chi connectivity index (χ3v) is 3.26. The Balaban J connectivity index is 1.84. The van der Waals surface area contributed by atoms with Crippen molar-refractivity contribution in [2.24, 2.45) is 0 Å². The fraction of sp³-hybridized carbons (Fsp3) is 0.250. The summed E-state index contributed by atoms with van der Waals surface area (Å²) >= 11 is 3.30. The Morgan fingerprint density at radius 2 is 2.12 bits per heavy atom. The summed E-state index contributed by atoms with van der Waals surface area (Å²) in [6.45, 7) is 0.801. The Kier molecular flexibility index (Phi) is 2.55. The van der Waals surface area contributed by atoms with Crippen LogP contribution >= 0.6 is 15.9 Å². The van der Waals surface area contributed by atoms with E-state index in [0.29, 0.717) is 12.8 Å². The summed E-state index contributed by atoms with van der Waals surface area (Å²) in [4.78, 5) is 20.0. The SMILES string of the molecule is O=C1CCn2cc(Cc3ncc(Br)cn3)cc21. The molecule has 17 heavy (non-hydrogen) atoms. The number of nitrogens with zero attached hydrogens (tertiary/aromatic N) is 3. The van der Waals surface area contributed by atoms with Gasteiger partial charge in [0.2, 0.25) is 0 Å². The molecule has 0 spiro atoms. The first kappa shape index (κ1) is 10.7. The van der Waals surface area contributed by atoms with Gasteiger partial charge >= 0.3 is 0 Å². The van der Waals surface area contributed by atoms with Crippen molar-refractivity contribution < 1.29 is 4.79 Å². The molecule has 1 aliphatic rings. The van der Waals surface area contributed by atoms with Crippen LogP contribution in [0, 0.1) is 0 Å². The lowest BCUT2D eigenvalue weighted by Crippen LogP contribution is -1.95. The lowest BCUT2D eigenvalue weighted by molar-refractivity contribution is 0.0994. The van der Waals surface area contributed by atoms with Crippen LogP contribution in [-0.2, 0) is 13.0 Å². The van der Waals surface area contributed by atoms with Crippen LogP contribution in [-0.4, -0.2) is 20.3 Å². The van der Waals surface area contributed by atoms with Crippen LogP contribution in [0.25, 0.3) is 0 Å². The maximum Gasteiger partial charge on any atom is 0.180 e. The van der Waals surface area contributed by atoms with Crippen molar-refractivity contribution in [1.29, 1.82) is 0 Å². The normalized spacial score (nSPS) is 14.1. The van der Waals surface area contributed by atoms with Gasteiger partial charge in [-0.25, -0.2) is 9.97 Å². The van der Waals surface area contributed by atoms with Crippen LogP contribution in [0.5, 0.6) is 0 Å². The molecule has 2 aromatic heterocycles. The molecular formula is C12H10BrN3O. The summed E-state index contributed by atoms with van der Waals surface area (Å²) in [5.74, 6) is 0.998. The van der Waals surface area contributed by atoms with Gasteiger partial charge in [-0.1, -0.05) is 0 Å². The number of carbonyl (C=O) groups excluding carboxylic acids is 1. The minimum absolute atomic E-state index is 0.230. The Bertz CT molecular complexity index is 574. The summed E-state index contributed by atoms with van der Waals surface area (Å²) in [6.07, 6.45) is 6.78. The molecule has 0 radical (unpaired) electrons. The highest BCUT2D eigenvalue weighted by Gasteiger charge is 2.20. The van der Waals surface area contributed by atoms with E-state index >= 15 is 0 Å². The highest BCUT2D eigenvalue weighted by molar-refractivity contribution is 9.10.